The molecule has 0 amide bonds. The van der Waals surface area contributed by atoms with Crippen LogP contribution >= 0.6 is 24.0 Å². The highest BCUT2D eigenvalue weighted by Crippen LogP contribution is 2.29. The number of halogens is 2. The Morgan fingerprint density at radius 1 is 1.33 bits per heavy atom. The van der Waals surface area contributed by atoms with Crippen LogP contribution in [-0.2, 0) is 11.3 Å². The molecule has 0 spiro atoms. The lowest BCUT2D eigenvalue weighted by molar-refractivity contribution is 0.0524. The van der Waals surface area contributed by atoms with Gasteiger partial charge in [-0.15, -0.1) is 12.4 Å². The molecule has 2 fully saturated rings. The number of hydrogen-bond donors (Lipinski definition) is 2. The van der Waals surface area contributed by atoms with Crippen LogP contribution in [-0.4, -0.2) is 41.2 Å². The Morgan fingerprint density at radius 3 is 3.08 bits per heavy atom. The predicted octanol–water partition coefficient (Wildman–Crippen LogP) is 2.66. The number of pyridine rings is 1. The average molecular weight is 371 g/mol. The molecule has 132 valence electrons. The van der Waals surface area contributed by atoms with E-state index in [4.69, 9.17) is 16.3 Å². The lowest BCUT2D eigenvalue weighted by Gasteiger charge is -2.32. The molecule has 4 rings (SSSR count). The van der Waals surface area contributed by atoms with Gasteiger partial charge in [0, 0.05) is 37.6 Å². The van der Waals surface area contributed by atoms with Crippen LogP contribution in [0.1, 0.15) is 25.0 Å². The average Bonchev–Trinajstić information content (AvgIpc) is 3.19. The molecule has 3 atom stereocenters. The van der Waals surface area contributed by atoms with E-state index in [1.165, 1.54) is 19.3 Å². The van der Waals surface area contributed by atoms with Crippen LogP contribution < -0.4 is 10.6 Å². The van der Waals surface area contributed by atoms with Gasteiger partial charge in [0.2, 0.25) is 0 Å². The molecule has 0 radical (unpaired) electrons. The Kier molecular flexibility index (Phi) is 6.00. The molecule has 2 aromatic heterocycles. The van der Waals surface area contributed by atoms with Crippen LogP contribution in [0.3, 0.4) is 0 Å². The van der Waals surface area contributed by atoms with Gasteiger partial charge in [-0.3, -0.25) is 0 Å². The minimum absolute atomic E-state index is 0. The number of ether oxygens (including phenoxy) is 1. The normalized spacial score (nSPS) is 27.3. The monoisotopic (exact) mass is 370 g/mol. The summed E-state index contributed by atoms with van der Waals surface area (Å²) in [5.41, 5.74) is 2.00. The molecule has 3 heterocycles. The number of fused-ring (bicyclic) bond motifs is 1. The molecule has 24 heavy (non-hydrogen) atoms. The highest BCUT2D eigenvalue weighted by atomic mass is 35.5. The number of nitrogens with one attached hydrogen (secondary N) is 2. The van der Waals surface area contributed by atoms with Gasteiger partial charge in [0.1, 0.15) is 5.65 Å². The maximum Gasteiger partial charge on any atom is 0.137 e. The van der Waals surface area contributed by atoms with Gasteiger partial charge in [0.05, 0.1) is 23.9 Å². The first-order valence-electron chi connectivity index (χ1n) is 8.47. The van der Waals surface area contributed by atoms with Crippen LogP contribution in [0.15, 0.2) is 24.5 Å². The van der Waals surface area contributed by atoms with Crippen molar-refractivity contribution in [2.24, 2.45) is 5.92 Å². The number of nitrogens with zero attached hydrogens (tertiary/aromatic N) is 2. The summed E-state index contributed by atoms with van der Waals surface area (Å²) < 4.78 is 7.63. The Labute approximate surface area is 153 Å². The van der Waals surface area contributed by atoms with Gasteiger partial charge in [0.15, 0.2) is 0 Å². The van der Waals surface area contributed by atoms with Gasteiger partial charge in [-0.1, -0.05) is 18.0 Å². The summed E-state index contributed by atoms with van der Waals surface area (Å²) in [6.45, 7) is 3.45. The van der Waals surface area contributed by atoms with Gasteiger partial charge in [-0.2, -0.15) is 0 Å². The van der Waals surface area contributed by atoms with E-state index in [0.29, 0.717) is 18.0 Å². The zero-order valence-corrected chi connectivity index (χ0v) is 15.2. The summed E-state index contributed by atoms with van der Waals surface area (Å²) in [4.78, 5) is 4.65. The molecule has 1 saturated heterocycles. The van der Waals surface area contributed by atoms with E-state index in [2.05, 4.69) is 21.8 Å². The molecule has 1 saturated carbocycles. The molecule has 2 N–H and O–H groups in total. The first kappa shape index (κ1) is 18.0. The third kappa shape index (κ3) is 3.86. The Hall–Kier alpha value is -0.850. The summed E-state index contributed by atoms with van der Waals surface area (Å²) in [5, 5.41) is 8.06. The first-order chi connectivity index (χ1) is 11.3. The van der Waals surface area contributed by atoms with E-state index < -0.39 is 0 Å². The van der Waals surface area contributed by atoms with Crippen molar-refractivity contribution in [2.45, 2.75) is 37.9 Å². The minimum Gasteiger partial charge on any atom is -0.379 e. The highest BCUT2D eigenvalue weighted by molar-refractivity contribution is 6.30. The van der Waals surface area contributed by atoms with E-state index in [1.54, 1.807) is 0 Å². The fourth-order valence-corrected chi connectivity index (χ4v) is 4.09. The van der Waals surface area contributed by atoms with E-state index in [9.17, 15) is 0 Å². The molecular weight excluding hydrogens is 347 g/mol. The van der Waals surface area contributed by atoms with Crippen LogP contribution in [0.5, 0.6) is 0 Å². The standard InChI is InChI=1S/C17H23ClN4O.ClH/c18-12-4-5-17-21-13(10-22(17)9-12)8-20-15-3-1-2-14(15)16-11-23-7-6-19-16;/h4-5,9-10,14-16,19-20H,1-3,6-8,11H2;1H. The Morgan fingerprint density at radius 2 is 2.25 bits per heavy atom. The maximum absolute atomic E-state index is 6.03. The molecule has 1 aliphatic heterocycles. The van der Waals surface area contributed by atoms with E-state index >= 15 is 0 Å². The van der Waals surface area contributed by atoms with Crippen molar-refractivity contribution in [3.8, 4) is 0 Å². The second-order valence-electron chi connectivity index (χ2n) is 6.56. The van der Waals surface area contributed by atoms with Gasteiger partial charge in [-0.25, -0.2) is 4.98 Å². The number of imidazole rings is 1. The number of rotatable bonds is 4. The lowest BCUT2D eigenvalue weighted by Crippen LogP contribution is -2.50. The predicted molar refractivity (Wildman–Crippen MR) is 98.0 cm³/mol. The Balaban J connectivity index is 0.00000169. The van der Waals surface area contributed by atoms with Crippen molar-refractivity contribution in [3.63, 3.8) is 0 Å². The third-order valence-electron chi connectivity index (χ3n) is 5.05. The highest BCUT2D eigenvalue weighted by Gasteiger charge is 2.34. The van der Waals surface area contributed by atoms with Crippen molar-refractivity contribution < 1.29 is 4.74 Å². The summed E-state index contributed by atoms with van der Waals surface area (Å²) in [5.74, 6) is 0.654. The minimum atomic E-state index is 0. The zero-order chi connectivity index (χ0) is 15.6. The number of hydrogen-bond acceptors (Lipinski definition) is 4. The molecule has 3 unspecified atom stereocenters. The third-order valence-corrected chi connectivity index (χ3v) is 5.27. The van der Waals surface area contributed by atoms with Gasteiger partial charge >= 0.3 is 0 Å². The molecule has 7 heteroatoms. The van der Waals surface area contributed by atoms with Crippen molar-refractivity contribution in [3.05, 3.63) is 35.2 Å². The SMILES string of the molecule is Cl.Clc1ccc2nc(CNC3CCCC3C3COCCN3)cn2c1. The summed E-state index contributed by atoms with van der Waals surface area (Å²) in [6, 6.07) is 4.86. The Bertz CT molecular complexity index is 672. The van der Waals surface area contributed by atoms with Gasteiger partial charge in [-0.05, 0) is 30.9 Å². The smallest absolute Gasteiger partial charge is 0.137 e. The van der Waals surface area contributed by atoms with E-state index in [0.717, 1.165) is 42.7 Å². The van der Waals surface area contributed by atoms with Crippen LogP contribution in [0.2, 0.25) is 5.02 Å². The molecule has 1 aliphatic carbocycles. The van der Waals surface area contributed by atoms with Crippen molar-refractivity contribution in [1.82, 2.24) is 20.0 Å². The molecule has 5 nitrogen and oxygen atoms in total. The summed E-state index contributed by atoms with van der Waals surface area (Å²) >= 11 is 6.03. The van der Waals surface area contributed by atoms with Crippen molar-refractivity contribution in [1.29, 1.82) is 0 Å². The number of morpholine rings is 1. The lowest BCUT2D eigenvalue weighted by atomic mass is 9.94. The fourth-order valence-electron chi connectivity index (χ4n) is 3.92. The summed E-state index contributed by atoms with van der Waals surface area (Å²) in [7, 11) is 0. The molecule has 0 bridgehead atoms. The first-order valence-corrected chi connectivity index (χ1v) is 8.85. The second-order valence-corrected chi connectivity index (χ2v) is 7.00. The maximum atomic E-state index is 6.03. The molecule has 2 aromatic rings. The van der Waals surface area contributed by atoms with Gasteiger partial charge < -0.3 is 19.8 Å². The zero-order valence-electron chi connectivity index (χ0n) is 13.6. The van der Waals surface area contributed by atoms with E-state index in [-0.39, 0.29) is 12.4 Å². The van der Waals surface area contributed by atoms with Crippen LogP contribution in [0.4, 0.5) is 0 Å². The summed E-state index contributed by atoms with van der Waals surface area (Å²) in [6.07, 6.45) is 7.76. The van der Waals surface area contributed by atoms with Crippen LogP contribution in [0.25, 0.3) is 5.65 Å². The van der Waals surface area contributed by atoms with Gasteiger partial charge in [0.25, 0.3) is 0 Å². The largest absolute Gasteiger partial charge is 0.379 e. The fraction of sp³-hybridized carbons (Fsp3) is 0.588. The van der Waals surface area contributed by atoms with Crippen molar-refractivity contribution in [2.75, 3.05) is 19.8 Å². The van der Waals surface area contributed by atoms with Crippen LogP contribution in [0, 0.1) is 5.92 Å². The second kappa shape index (κ2) is 8.02. The topological polar surface area (TPSA) is 50.6 Å². The van der Waals surface area contributed by atoms with Crippen molar-refractivity contribution >= 4 is 29.7 Å². The number of aromatic nitrogens is 2. The molecular formula is C17H24Cl2N4O. The van der Waals surface area contributed by atoms with E-state index in [1.807, 2.05) is 22.7 Å². The molecule has 0 aromatic carbocycles. The molecule has 2 aliphatic rings. The quantitative estimate of drug-likeness (QED) is 0.868.